The van der Waals surface area contributed by atoms with Crippen molar-refractivity contribution in [2.75, 3.05) is 0 Å². The summed E-state index contributed by atoms with van der Waals surface area (Å²) in [6.07, 6.45) is 4.67. The first kappa shape index (κ1) is 14.9. The zero-order chi connectivity index (χ0) is 14.0. The molecule has 1 N–H and O–H groups in total. The molecule has 0 spiro atoms. The predicted molar refractivity (Wildman–Crippen MR) is 82.7 cm³/mol. The van der Waals surface area contributed by atoms with Gasteiger partial charge in [0.25, 0.3) is 5.91 Å². The molecule has 0 radical (unpaired) electrons. The van der Waals surface area contributed by atoms with Crippen molar-refractivity contribution in [2.45, 2.75) is 45.6 Å². The van der Waals surface area contributed by atoms with Gasteiger partial charge in [0.15, 0.2) is 0 Å². The van der Waals surface area contributed by atoms with Crippen LogP contribution in [0, 0.1) is 5.41 Å². The van der Waals surface area contributed by atoms with Crippen LogP contribution in [-0.2, 0) is 0 Å². The number of rotatable bonds is 2. The van der Waals surface area contributed by atoms with Crippen molar-refractivity contribution >= 4 is 33.4 Å². The molecule has 1 saturated carbocycles. The molecule has 0 saturated heterocycles. The lowest BCUT2D eigenvalue weighted by molar-refractivity contribution is 0.0853. The molecule has 1 aromatic carbocycles. The monoisotopic (exact) mass is 343 g/mol. The average molecular weight is 345 g/mol. The molecular weight excluding hydrogens is 326 g/mol. The Bertz CT molecular complexity index is 487. The van der Waals surface area contributed by atoms with E-state index in [0.29, 0.717) is 10.6 Å². The summed E-state index contributed by atoms with van der Waals surface area (Å²) in [7, 11) is 0. The van der Waals surface area contributed by atoms with Crippen LogP contribution in [0.4, 0.5) is 0 Å². The minimum absolute atomic E-state index is 0.0245. The van der Waals surface area contributed by atoms with Gasteiger partial charge in [0.1, 0.15) is 0 Å². The van der Waals surface area contributed by atoms with Gasteiger partial charge in [-0.1, -0.05) is 38.3 Å². The summed E-state index contributed by atoms with van der Waals surface area (Å²) in [6, 6.07) is 5.50. The second kappa shape index (κ2) is 5.84. The summed E-state index contributed by atoms with van der Waals surface area (Å²) in [4.78, 5) is 12.3. The van der Waals surface area contributed by atoms with Gasteiger partial charge in [0.05, 0.1) is 5.56 Å². The highest BCUT2D eigenvalue weighted by Crippen LogP contribution is 2.35. The number of hydrogen-bond acceptors (Lipinski definition) is 1. The van der Waals surface area contributed by atoms with E-state index < -0.39 is 0 Å². The van der Waals surface area contributed by atoms with E-state index in [1.807, 2.05) is 0 Å². The molecule has 0 heterocycles. The Labute approximate surface area is 128 Å². The van der Waals surface area contributed by atoms with Crippen molar-refractivity contribution in [1.29, 1.82) is 0 Å². The van der Waals surface area contributed by atoms with E-state index in [1.165, 1.54) is 19.3 Å². The van der Waals surface area contributed by atoms with Crippen LogP contribution in [0.1, 0.15) is 49.9 Å². The quantitative estimate of drug-likeness (QED) is 0.820. The van der Waals surface area contributed by atoms with Crippen molar-refractivity contribution in [1.82, 2.24) is 5.32 Å². The van der Waals surface area contributed by atoms with Crippen molar-refractivity contribution in [2.24, 2.45) is 5.41 Å². The van der Waals surface area contributed by atoms with Gasteiger partial charge in [-0.2, -0.15) is 0 Å². The van der Waals surface area contributed by atoms with Crippen LogP contribution in [0.2, 0.25) is 5.02 Å². The highest BCUT2D eigenvalue weighted by molar-refractivity contribution is 9.10. The topological polar surface area (TPSA) is 29.1 Å². The molecule has 0 aromatic heterocycles. The van der Waals surface area contributed by atoms with Crippen LogP contribution in [0.3, 0.4) is 0 Å². The van der Waals surface area contributed by atoms with Crippen molar-refractivity contribution in [3.8, 4) is 0 Å². The zero-order valence-corrected chi connectivity index (χ0v) is 13.6. The summed E-state index contributed by atoms with van der Waals surface area (Å²) < 4.78 is 0.742. The maximum absolute atomic E-state index is 12.3. The molecule has 1 aliphatic rings. The maximum Gasteiger partial charge on any atom is 0.252 e. The van der Waals surface area contributed by atoms with Gasteiger partial charge in [-0.15, -0.1) is 0 Å². The molecule has 2 nitrogen and oxygen atoms in total. The molecule has 1 aromatic rings. The molecule has 0 aliphatic heterocycles. The van der Waals surface area contributed by atoms with Gasteiger partial charge >= 0.3 is 0 Å². The summed E-state index contributed by atoms with van der Waals surface area (Å²) in [5, 5.41) is 3.80. The number of hydrogen-bond donors (Lipinski definition) is 1. The van der Waals surface area contributed by atoms with E-state index in [1.54, 1.807) is 18.2 Å². The van der Waals surface area contributed by atoms with E-state index in [0.717, 1.165) is 10.9 Å². The predicted octanol–water partition coefficient (Wildman–Crippen LogP) is 4.80. The fourth-order valence-electron chi connectivity index (χ4n) is 2.67. The maximum atomic E-state index is 12.3. The summed E-state index contributed by atoms with van der Waals surface area (Å²) in [5.41, 5.74) is 0.818. The fraction of sp³-hybridized carbons (Fsp3) is 0.533. The van der Waals surface area contributed by atoms with Crippen molar-refractivity contribution in [3.63, 3.8) is 0 Å². The Balaban J connectivity index is 2.12. The Morgan fingerprint density at radius 1 is 1.42 bits per heavy atom. The standard InChI is InChI=1S/C15H19BrClNO/c1-15(2)8-4-3-5-13(15)18-14(19)11-7-6-10(17)9-12(11)16/h6-7,9,13H,3-5,8H2,1-2H3,(H,18,19). The first-order chi connectivity index (χ1) is 8.90. The summed E-state index contributed by atoms with van der Waals surface area (Å²) in [6.45, 7) is 4.46. The number of nitrogens with one attached hydrogen (secondary N) is 1. The molecule has 1 atom stereocenters. The number of benzene rings is 1. The first-order valence-corrected chi connectivity index (χ1v) is 7.83. The lowest BCUT2D eigenvalue weighted by atomic mass is 9.73. The minimum atomic E-state index is -0.0245. The second-order valence-electron chi connectivity index (χ2n) is 5.88. The lowest BCUT2D eigenvalue weighted by Crippen LogP contribution is -2.46. The molecule has 1 amide bonds. The van der Waals surface area contributed by atoms with Crippen LogP contribution >= 0.6 is 27.5 Å². The fourth-order valence-corrected chi connectivity index (χ4v) is 3.53. The Hall–Kier alpha value is -0.540. The van der Waals surface area contributed by atoms with Crippen LogP contribution in [-0.4, -0.2) is 11.9 Å². The minimum Gasteiger partial charge on any atom is -0.349 e. The molecular formula is C15H19BrClNO. The van der Waals surface area contributed by atoms with E-state index in [9.17, 15) is 4.79 Å². The number of amides is 1. The van der Waals surface area contributed by atoms with E-state index >= 15 is 0 Å². The van der Waals surface area contributed by atoms with E-state index in [4.69, 9.17) is 11.6 Å². The Kier molecular flexibility index (Phi) is 4.57. The van der Waals surface area contributed by atoms with Crippen molar-refractivity contribution < 1.29 is 4.79 Å². The number of halogens is 2. The van der Waals surface area contributed by atoms with Gasteiger partial charge in [-0.3, -0.25) is 4.79 Å². The molecule has 104 valence electrons. The zero-order valence-electron chi connectivity index (χ0n) is 11.3. The first-order valence-electron chi connectivity index (χ1n) is 6.66. The van der Waals surface area contributed by atoms with Gasteiger partial charge in [0.2, 0.25) is 0 Å². The van der Waals surface area contributed by atoms with Crippen LogP contribution in [0.25, 0.3) is 0 Å². The molecule has 19 heavy (non-hydrogen) atoms. The number of carbonyl (C=O) groups is 1. The van der Waals surface area contributed by atoms with Crippen LogP contribution < -0.4 is 5.32 Å². The number of carbonyl (C=O) groups excluding carboxylic acids is 1. The molecule has 0 bridgehead atoms. The Morgan fingerprint density at radius 3 is 2.79 bits per heavy atom. The van der Waals surface area contributed by atoms with E-state index in [2.05, 4.69) is 35.1 Å². The SMILES string of the molecule is CC1(C)CCCCC1NC(=O)c1ccc(Cl)cc1Br. The Morgan fingerprint density at radius 2 is 2.16 bits per heavy atom. The van der Waals surface area contributed by atoms with Gasteiger partial charge in [0, 0.05) is 15.5 Å². The highest BCUT2D eigenvalue weighted by atomic mass is 79.9. The van der Waals surface area contributed by atoms with E-state index in [-0.39, 0.29) is 17.4 Å². The molecule has 1 fully saturated rings. The van der Waals surface area contributed by atoms with Gasteiger partial charge < -0.3 is 5.32 Å². The summed E-state index contributed by atoms with van der Waals surface area (Å²) in [5.74, 6) is -0.0245. The van der Waals surface area contributed by atoms with Gasteiger partial charge in [-0.25, -0.2) is 0 Å². The third kappa shape index (κ3) is 3.51. The largest absolute Gasteiger partial charge is 0.349 e. The normalized spacial score (nSPS) is 22.0. The smallest absolute Gasteiger partial charge is 0.252 e. The third-order valence-electron chi connectivity index (χ3n) is 3.99. The molecule has 4 heteroatoms. The average Bonchev–Trinajstić information content (AvgIpc) is 2.31. The molecule has 2 rings (SSSR count). The third-order valence-corrected chi connectivity index (χ3v) is 4.88. The molecule has 1 aliphatic carbocycles. The van der Waals surface area contributed by atoms with Crippen molar-refractivity contribution in [3.05, 3.63) is 33.3 Å². The van der Waals surface area contributed by atoms with Gasteiger partial charge in [-0.05, 0) is 52.4 Å². The summed E-state index contributed by atoms with van der Waals surface area (Å²) >= 11 is 9.29. The highest BCUT2D eigenvalue weighted by Gasteiger charge is 2.33. The second-order valence-corrected chi connectivity index (χ2v) is 7.18. The lowest BCUT2D eigenvalue weighted by Gasteiger charge is -2.39. The van der Waals surface area contributed by atoms with Crippen LogP contribution in [0.15, 0.2) is 22.7 Å². The molecule has 1 unspecified atom stereocenters. The van der Waals surface area contributed by atoms with Crippen LogP contribution in [0.5, 0.6) is 0 Å².